The lowest BCUT2D eigenvalue weighted by Crippen LogP contribution is -2.48. The van der Waals surface area contributed by atoms with Gasteiger partial charge in [-0.25, -0.2) is 8.78 Å². The number of halogens is 2. The maximum atomic E-state index is 13.9. The fraction of sp³-hybridized carbons (Fsp3) is 0.600. The number of benzene rings is 1. The minimum absolute atomic E-state index is 0.224. The second-order valence-electron chi connectivity index (χ2n) is 5.12. The van der Waals surface area contributed by atoms with Gasteiger partial charge in [-0.1, -0.05) is 19.1 Å². The van der Waals surface area contributed by atoms with Gasteiger partial charge >= 0.3 is 0 Å². The van der Waals surface area contributed by atoms with Gasteiger partial charge in [-0.3, -0.25) is 4.90 Å². The summed E-state index contributed by atoms with van der Waals surface area (Å²) in [6, 6.07) is 4.46. The van der Waals surface area contributed by atoms with Gasteiger partial charge in [0.1, 0.15) is 0 Å². The zero-order chi connectivity index (χ0) is 14.5. The molecule has 1 aliphatic heterocycles. The Kier molecular flexibility index (Phi) is 5.46. The van der Waals surface area contributed by atoms with Gasteiger partial charge in [0.05, 0.1) is 13.2 Å². The molecule has 3 nitrogen and oxygen atoms in total. The summed E-state index contributed by atoms with van der Waals surface area (Å²) in [7, 11) is 1.77. The molecule has 1 aromatic rings. The van der Waals surface area contributed by atoms with Crippen molar-refractivity contribution in [3.8, 4) is 0 Å². The number of likely N-dealkylation sites (N-methyl/N-ethyl adjacent to an activating group) is 1. The summed E-state index contributed by atoms with van der Waals surface area (Å²) < 4.78 is 32.7. The van der Waals surface area contributed by atoms with Crippen LogP contribution in [0, 0.1) is 11.6 Å². The second kappa shape index (κ2) is 7.11. The summed E-state index contributed by atoms with van der Waals surface area (Å²) in [5, 5.41) is 3.09. The van der Waals surface area contributed by atoms with E-state index in [1.165, 1.54) is 0 Å². The molecule has 5 heteroatoms. The van der Waals surface area contributed by atoms with Crippen molar-refractivity contribution in [3.63, 3.8) is 0 Å². The van der Waals surface area contributed by atoms with E-state index < -0.39 is 11.6 Å². The summed E-state index contributed by atoms with van der Waals surface area (Å²) in [6.45, 7) is 4.99. The first-order chi connectivity index (χ1) is 9.67. The first-order valence-corrected chi connectivity index (χ1v) is 7.10. The SMILES string of the molecule is CCC1COCCN1CC(NC)c1cccc(F)c1F. The van der Waals surface area contributed by atoms with E-state index in [0.29, 0.717) is 31.4 Å². The van der Waals surface area contributed by atoms with Gasteiger partial charge in [-0.2, -0.15) is 0 Å². The number of morpholine rings is 1. The van der Waals surface area contributed by atoms with Gasteiger partial charge in [0.25, 0.3) is 0 Å². The number of ether oxygens (including phenoxy) is 1. The van der Waals surface area contributed by atoms with E-state index >= 15 is 0 Å². The molecule has 1 saturated heterocycles. The Morgan fingerprint density at radius 1 is 1.45 bits per heavy atom. The Morgan fingerprint density at radius 3 is 2.95 bits per heavy atom. The molecule has 0 aromatic heterocycles. The van der Waals surface area contributed by atoms with Gasteiger partial charge in [0, 0.05) is 30.7 Å². The molecule has 112 valence electrons. The molecule has 1 fully saturated rings. The highest BCUT2D eigenvalue weighted by Gasteiger charge is 2.26. The molecule has 2 rings (SSSR count). The fourth-order valence-electron chi connectivity index (χ4n) is 2.67. The van der Waals surface area contributed by atoms with Crippen LogP contribution in [0.4, 0.5) is 8.78 Å². The average molecular weight is 284 g/mol. The maximum absolute atomic E-state index is 13.9. The maximum Gasteiger partial charge on any atom is 0.163 e. The van der Waals surface area contributed by atoms with Crippen LogP contribution in [0.3, 0.4) is 0 Å². The van der Waals surface area contributed by atoms with E-state index in [1.807, 2.05) is 0 Å². The largest absolute Gasteiger partial charge is 0.378 e. The Balaban J connectivity index is 2.13. The van der Waals surface area contributed by atoms with E-state index in [9.17, 15) is 8.78 Å². The molecule has 2 unspecified atom stereocenters. The molecule has 20 heavy (non-hydrogen) atoms. The lowest BCUT2D eigenvalue weighted by molar-refractivity contribution is -0.0125. The molecule has 0 amide bonds. The molecule has 0 bridgehead atoms. The summed E-state index contributed by atoms with van der Waals surface area (Å²) >= 11 is 0. The third-order valence-electron chi connectivity index (χ3n) is 3.94. The topological polar surface area (TPSA) is 24.5 Å². The molecule has 1 heterocycles. The second-order valence-corrected chi connectivity index (χ2v) is 5.12. The standard InChI is InChI=1S/C15H22F2N2O/c1-3-11-10-20-8-7-19(11)9-14(18-2)12-5-4-6-13(16)15(12)17/h4-6,11,14,18H,3,7-10H2,1-2H3. The van der Waals surface area contributed by atoms with Crippen molar-refractivity contribution in [2.45, 2.75) is 25.4 Å². The highest BCUT2D eigenvalue weighted by atomic mass is 19.2. The smallest absolute Gasteiger partial charge is 0.163 e. The van der Waals surface area contributed by atoms with Crippen LogP contribution in [0.1, 0.15) is 24.9 Å². The summed E-state index contributed by atoms with van der Waals surface area (Å²) in [5.41, 5.74) is 0.383. The van der Waals surface area contributed by atoms with Crippen molar-refractivity contribution in [1.82, 2.24) is 10.2 Å². The highest BCUT2D eigenvalue weighted by molar-refractivity contribution is 5.23. The van der Waals surface area contributed by atoms with Crippen molar-refractivity contribution < 1.29 is 13.5 Å². The van der Waals surface area contributed by atoms with Crippen LogP contribution in [0.15, 0.2) is 18.2 Å². The lowest BCUT2D eigenvalue weighted by atomic mass is 10.0. The van der Waals surface area contributed by atoms with E-state index in [0.717, 1.165) is 19.0 Å². The Bertz CT molecular complexity index is 442. The van der Waals surface area contributed by atoms with Crippen LogP contribution in [0.25, 0.3) is 0 Å². The van der Waals surface area contributed by atoms with Gasteiger partial charge in [-0.05, 0) is 19.5 Å². The van der Waals surface area contributed by atoms with Crippen molar-refractivity contribution in [1.29, 1.82) is 0 Å². The molecular weight excluding hydrogens is 262 g/mol. The monoisotopic (exact) mass is 284 g/mol. The van der Waals surface area contributed by atoms with Gasteiger partial charge < -0.3 is 10.1 Å². The molecule has 0 spiro atoms. The van der Waals surface area contributed by atoms with Crippen LogP contribution in [-0.2, 0) is 4.74 Å². The molecular formula is C15H22F2N2O. The zero-order valence-electron chi connectivity index (χ0n) is 12.0. The summed E-state index contributed by atoms with van der Waals surface area (Å²) in [6.07, 6.45) is 0.988. The van der Waals surface area contributed by atoms with E-state index in [-0.39, 0.29) is 6.04 Å². The third kappa shape index (κ3) is 3.34. The third-order valence-corrected chi connectivity index (χ3v) is 3.94. The van der Waals surface area contributed by atoms with Crippen LogP contribution in [0.5, 0.6) is 0 Å². The molecule has 1 N–H and O–H groups in total. The molecule has 0 aliphatic carbocycles. The average Bonchev–Trinajstić information content (AvgIpc) is 2.48. The normalized spacial score (nSPS) is 21.9. The summed E-state index contributed by atoms with van der Waals surface area (Å²) in [4.78, 5) is 2.29. The number of rotatable bonds is 5. The minimum Gasteiger partial charge on any atom is -0.378 e. The molecule has 2 atom stereocenters. The van der Waals surface area contributed by atoms with Crippen molar-refractivity contribution in [2.24, 2.45) is 0 Å². The summed E-state index contributed by atoms with van der Waals surface area (Å²) in [5.74, 6) is -1.55. The Hall–Kier alpha value is -1.04. The van der Waals surface area contributed by atoms with Crippen molar-refractivity contribution >= 4 is 0 Å². The number of nitrogens with zero attached hydrogens (tertiary/aromatic N) is 1. The van der Waals surface area contributed by atoms with E-state index in [1.54, 1.807) is 19.2 Å². The fourth-order valence-corrected chi connectivity index (χ4v) is 2.67. The van der Waals surface area contributed by atoms with E-state index in [2.05, 4.69) is 17.1 Å². The predicted molar refractivity (Wildman–Crippen MR) is 74.6 cm³/mol. The van der Waals surface area contributed by atoms with Gasteiger partial charge in [0.2, 0.25) is 0 Å². The number of hydrogen-bond donors (Lipinski definition) is 1. The van der Waals surface area contributed by atoms with Crippen LogP contribution in [-0.4, -0.2) is 44.3 Å². The Labute approximate surface area is 118 Å². The molecule has 0 saturated carbocycles. The number of nitrogens with one attached hydrogen (secondary N) is 1. The lowest BCUT2D eigenvalue weighted by Gasteiger charge is -2.37. The van der Waals surface area contributed by atoms with Crippen molar-refractivity contribution in [2.75, 3.05) is 33.4 Å². The minimum atomic E-state index is -0.795. The molecule has 0 radical (unpaired) electrons. The predicted octanol–water partition coefficient (Wildman–Crippen LogP) is 2.34. The van der Waals surface area contributed by atoms with E-state index in [4.69, 9.17) is 4.74 Å². The van der Waals surface area contributed by atoms with Crippen molar-refractivity contribution in [3.05, 3.63) is 35.4 Å². The first-order valence-electron chi connectivity index (χ1n) is 7.10. The first kappa shape index (κ1) is 15.4. The quantitative estimate of drug-likeness (QED) is 0.898. The van der Waals surface area contributed by atoms with Crippen LogP contribution >= 0.6 is 0 Å². The van der Waals surface area contributed by atoms with Gasteiger partial charge in [0.15, 0.2) is 11.6 Å². The Morgan fingerprint density at radius 2 is 2.25 bits per heavy atom. The van der Waals surface area contributed by atoms with Gasteiger partial charge in [-0.15, -0.1) is 0 Å². The van der Waals surface area contributed by atoms with Crippen LogP contribution < -0.4 is 5.32 Å². The number of hydrogen-bond acceptors (Lipinski definition) is 3. The molecule has 1 aromatic carbocycles. The van der Waals surface area contributed by atoms with Crippen LogP contribution in [0.2, 0.25) is 0 Å². The zero-order valence-corrected chi connectivity index (χ0v) is 12.0. The highest BCUT2D eigenvalue weighted by Crippen LogP contribution is 2.22. The molecule has 1 aliphatic rings.